The van der Waals surface area contributed by atoms with E-state index in [4.69, 9.17) is 0 Å². The minimum Gasteiger partial charge on any atom is -0.340 e. The zero-order chi connectivity index (χ0) is 26.8. The molecule has 2 saturated heterocycles. The van der Waals surface area contributed by atoms with Gasteiger partial charge in [0.15, 0.2) is 5.78 Å². The molecule has 1 saturated carbocycles. The van der Waals surface area contributed by atoms with E-state index < -0.39 is 0 Å². The van der Waals surface area contributed by atoms with Crippen molar-refractivity contribution in [2.24, 2.45) is 11.8 Å². The quantitative estimate of drug-likeness (QED) is 0.339. The Bertz CT molecular complexity index is 1600. The number of Topliss-reactive ketones (excluding diaryl/α,β-unsaturated/α-hetero) is 1. The molecule has 1 amide bonds. The van der Waals surface area contributed by atoms with Gasteiger partial charge < -0.3 is 14.8 Å². The number of fused-ring (bicyclic) bond motifs is 3. The van der Waals surface area contributed by atoms with Crippen LogP contribution < -0.4 is 5.32 Å². The fourth-order valence-corrected chi connectivity index (χ4v) is 7.58. The molecule has 1 N–H and O–H groups in total. The van der Waals surface area contributed by atoms with Gasteiger partial charge in [-0.05, 0) is 55.4 Å². The van der Waals surface area contributed by atoms with Crippen LogP contribution in [0.2, 0.25) is 0 Å². The monoisotopic (exact) mass is 543 g/mol. The van der Waals surface area contributed by atoms with Gasteiger partial charge in [0, 0.05) is 48.0 Å². The van der Waals surface area contributed by atoms with Crippen molar-refractivity contribution in [1.29, 1.82) is 0 Å². The molecule has 9 heteroatoms. The summed E-state index contributed by atoms with van der Waals surface area (Å²) < 4.78 is 16.5. The average Bonchev–Trinajstić information content (AvgIpc) is 3.71. The zero-order valence-electron chi connectivity index (χ0n) is 21.9. The first kappa shape index (κ1) is 24.6. The highest BCUT2D eigenvalue weighted by Crippen LogP contribution is 2.39. The molecule has 1 aromatic carbocycles. The highest BCUT2D eigenvalue weighted by atomic mass is 32.1. The molecule has 3 fully saturated rings. The molecule has 0 unspecified atom stereocenters. The van der Waals surface area contributed by atoms with E-state index >= 15 is 0 Å². The Morgan fingerprint density at radius 2 is 2.03 bits per heavy atom. The van der Waals surface area contributed by atoms with Gasteiger partial charge in [-0.3, -0.25) is 14.6 Å². The van der Waals surface area contributed by atoms with Gasteiger partial charge in [-0.2, -0.15) is 0 Å². The topological polar surface area (TPSA) is 80.1 Å². The highest BCUT2D eigenvalue weighted by molar-refractivity contribution is 7.13. The molecule has 3 atom stereocenters. The molecular formula is C30H30FN5O2S. The first-order valence-corrected chi connectivity index (χ1v) is 14.5. The third kappa shape index (κ3) is 4.02. The van der Waals surface area contributed by atoms with Crippen LogP contribution in [-0.4, -0.2) is 56.3 Å². The number of amides is 1. The summed E-state index contributed by atoms with van der Waals surface area (Å²) in [5.41, 5.74) is 5.60. The first-order chi connectivity index (χ1) is 18.9. The third-order valence-electron chi connectivity index (χ3n) is 8.67. The summed E-state index contributed by atoms with van der Waals surface area (Å²) in [6, 6.07) is 6.97. The van der Waals surface area contributed by atoms with Crippen molar-refractivity contribution in [2.45, 2.75) is 51.1 Å². The molecule has 0 spiro atoms. The predicted molar refractivity (Wildman–Crippen MR) is 149 cm³/mol. The number of likely N-dealkylation sites (tertiary alicyclic amines) is 1. The molecule has 2 bridgehead atoms. The van der Waals surface area contributed by atoms with Gasteiger partial charge >= 0.3 is 0 Å². The highest BCUT2D eigenvalue weighted by Gasteiger charge is 2.47. The van der Waals surface area contributed by atoms with E-state index in [2.05, 4.69) is 29.1 Å². The molecule has 0 radical (unpaired) electrons. The molecule has 200 valence electrons. The summed E-state index contributed by atoms with van der Waals surface area (Å²) >= 11 is 1.49. The Morgan fingerprint density at radius 3 is 2.77 bits per heavy atom. The zero-order valence-corrected chi connectivity index (χ0v) is 22.7. The Hall–Kier alpha value is -3.43. The van der Waals surface area contributed by atoms with Crippen molar-refractivity contribution in [1.82, 2.24) is 24.8 Å². The number of carbonyl (C=O) groups is 2. The normalized spacial score (nSPS) is 22.7. The molecular weight excluding hydrogens is 513 g/mol. The first-order valence-electron chi connectivity index (χ1n) is 13.7. The van der Waals surface area contributed by atoms with Crippen molar-refractivity contribution in [2.75, 3.05) is 13.1 Å². The summed E-state index contributed by atoms with van der Waals surface area (Å²) in [5.74, 6) is 0.218. The van der Waals surface area contributed by atoms with Crippen molar-refractivity contribution >= 4 is 33.9 Å². The molecule has 7 nitrogen and oxygen atoms in total. The largest absolute Gasteiger partial charge is 0.340 e. The van der Waals surface area contributed by atoms with Crippen LogP contribution in [0.1, 0.15) is 55.1 Å². The number of nitrogens with one attached hydrogen (secondary N) is 1. The molecule has 3 aliphatic rings. The number of nitrogens with zero attached hydrogens (tertiary/aromatic N) is 4. The average molecular weight is 544 g/mol. The van der Waals surface area contributed by atoms with Gasteiger partial charge in [-0.25, -0.2) is 9.37 Å². The molecule has 39 heavy (non-hydrogen) atoms. The number of thiazole rings is 1. The number of piperidine rings is 1. The van der Waals surface area contributed by atoms with Crippen LogP contribution in [0.3, 0.4) is 0 Å². The maximum absolute atomic E-state index is 14.5. The number of pyridine rings is 1. The summed E-state index contributed by atoms with van der Waals surface area (Å²) in [6.45, 7) is 5.04. The predicted octanol–water partition coefficient (Wildman–Crippen LogP) is 5.19. The fourth-order valence-electron chi connectivity index (χ4n) is 6.61. The van der Waals surface area contributed by atoms with E-state index in [1.807, 2.05) is 21.7 Å². The van der Waals surface area contributed by atoms with E-state index in [1.54, 1.807) is 24.0 Å². The molecule has 2 aliphatic heterocycles. The fraction of sp³-hybridized carbons (Fsp3) is 0.400. The van der Waals surface area contributed by atoms with Crippen molar-refractivity contribution in [3.63, 3.8) is 0 Å². The number of hydrogen-bond acceptors (Lipinski definition) is 6. The van der Waals surface area contributed by atoms with E-state index in [0.29, 0.717) is 30.6 Å². The standard InChI is InChI=1S/C30H30FN5O2S/c1-16(2)26-29(39-15-33-26)22-10-19(31)4-6-24(22)36-14-23(21-7-8-32-11-25(21)36)28(37)18-12-35(13-18)30(38)27-17-3-5-20(9-17)34-27/h4,6-8,10-11,14-18,20,27,34H,3,5,9,12-13H2,1-2H3/t17-,20+,27-/m0/s1. The third-order valence-corrected chi connectivity index (χ3v) is 9.54. The van der Waals surface area contributed by atoms with Crippen LogP contribution in [-0.2, 0) is 4.79 Å². The number of ketones is 1. The summed E-state index contributed by atoms with van der Waals surface area (Å²) in [6.07, 6.45) is 8.64. The van der Waals surface area contributed by atoms with E-state index in [9.17, 15) is 14.0 Å². The Labute approximate surface area is 230 Å². The lowest BCUT2D eigenvalue weighted by Gasteiger charge is -2.41. The van der Waals surface area contributed by atoms with Crippen LogP contribution in [0.4, 0.5) is 4.39 Å². The molecule has 3 aromatic heterocycles. The molecule has 7 rings (SSSR count). The second-order valence-corrected chi connectivity index (χ2v) is 12.3. The number of benzene rings is 1. The Kier molecular flexibility index (Phi) is 5.89. The van der Waals surface area contributed by atoms with Crippen LogP contribution in [0.15, 0.2) is 48.4 Å². The van der Waals surface area contributed by atoms with Crippen molar-refractivity contribution in [3.8, 4) is 16.1 Å². The number of aromatic nitrogens is 3. The lowest BCUT2D eigenvalue weighted by Crippen LogP contribution is -2.59. The Balaban J connectivity index is 1.21. The second kappa shape index (κ2) is 9.34. The lowest BCUT2D eigenvalue weighted by atomic mass is 9.89. The molecule has 4 aromatic rings. The molecule has 1 aliphatic carbocycles. The second-order valence-electron chi connectivity index (χ2n) is 11.4. The number of carbonyl (C=O) groups excluding carboxylic acids is 2. The van der Waals surface area contributed by atoms with Crippen LogP contribution >= 0.6 is 11.3 Å². The summed E-state index contributed by atoms with van der Waals surface area (Å²) in [4.78, 5) is 38.5. The summed E-state index contributed by atoms with van der Waals surface area (Å²) in [5, 5.41) is 4.28. The molecule has 5 heterocycles. The van der Waals surface area contributed by atoms with Gasteiger partial charge in [0.05, 0.1) is 45.4 Å². The number of rotatable bonds is 6. The van der Waals surface area contributed by atoms with Crippen LogP contribution in [0, 0.1) is 17.7 Å². The minimum atomic E-state index is -0.327. The minimum absolute atomic E-state index is 0.0271. The van der Waals surface area contributed by atoms with Crippen LogP contribution in [0.25, 0.3) is 27.0 Å². The van der Waals surface area contributed by atoms with Gasteiger partial charge in [0.1, 0.15) is 5.82 Å². The van der Waals surface area contributed by atoms with E-state index in [1.165, 1.54) is 23.5 Å². The van der Waals surface area contributed by atoms with Gasteiger partial charge in [-0.15, -0.1) is 11.3 Å². The maximum atomic E-state index is 14.5. The van der Waals surface area contributed by atoms with Gasteiger partial charge in [0.25, 0.3) is 0 Å². The van der Waals surface area contributed by atoms with E-state index in [-0.39, 0.29) is 35.4 Å². The van der Waals surface area contributed by atoms with E-state index in [0.717, 1.165) is 52.0 Å². The Morgan fingerprint density at radius 1 is 1.18 bits per heavy atom. The lowest BCUT2D eigenvalue weighted by molar-refractivity contribution is -0.139. The number of hydrogen-bond donors (Lipinski definition) is 1. The SMILES string of the molecule is CC(C)c1ncsc1-c1cc(F)ccc1-n1cc(C(=O)C2CN(C(=O)[C@H]3N[C@@H]4CC[C@H]3C4)C2)c2ccncc21. The van der Waals surface area contributed by atoms with Gasteiger partial charge in [0.2, 0.25) is 5.91 Å². The van der Waals surface area contributed by atoms with Gasteiger partial charge in [-0.1, -0.05) is 13.8 Å². The van der Waals surface area contributed by atoms with Crippen molar-refractivity contribution in [3.05, 3.63) is 65.4 Å². The smallest absolute Gasteiger partial charge is 0.240 e. The van der Waals surface area contributed by atoms with Crippen LogP contribution in [0.5, 0.6) is 0 Å². The number of halogens is 1. The summed E-state index contributed by atoms with van der Waals surface area (Å²) in [7, 11) is 0. The maximum Gasteiger partial charge on any atom is 0.240 e. The van der Waals surface area contributed by atoms with Crippen molar-refractivity contribution < 1.29 is 14.0 Å².